The minimum Gasteiger partial charge on any atom is -0.280 e. The lowest BCUT2D eigenvalue weighted by molar-refractivity contribution is 0.594. The summed E-state index contributed by atoms with van der Waals surface area (Å²) in [5.41, 5.74) is 3.29. The SMILES string of the molecule is N#C[C@H]1CC(c2ccccc2)=N[C@H]1c1ccccc1. The first-order valence-electron chi connectivity index (χ1n) is 6.45. The molecule has 1 aliphatic rings. The predicted molar refractivity (Wildman–Crippen MR) is 75.9 cm³/mol. The Morgan fingerprint density at radius 2 is 1.58 bits per heavy atom. The molecule has 2 aromatic rings. The van der Waals surface area contributed by atoms with E-state index in [2.05, 4.69) is 18.2 Å². The maximum absolute atomic E-state index is 9.34. The normalized spacial score (nSPS) is 21.7. The Balaban J connectivity index is 1.96. The fourth-order valence-electron chi connectivity index (χ4n) is 2.53. The molecule has 92 valence electrons. The van der Waals surface area contributed by atoms with Gasteiger partial charge in [0.2, 0.25) is 0 Å². The lowest BCUT2D eigenvalue weighted by Crippen LogP contribution is -2.04. The van der Waals surface area contributed by atoms with Crippen molar-refractivity contribution in [2.24, 2.45) is 10.9 Å². The highest BCUT2D eigenvalue weighted by Gasteiger charge is 2.30. The van der Waals surface area contributed by atoms with Gasteiger partial charge in [0.15, 0.2) is 0 Å². The van der Waals surface area contributed by atoms with Crippen LogP contribution >= 0.6 is 0 Å². The summed E-state index contributed by atoms with van der Waals surface area (Å²) in [6, 6.07) is 22.6. The van der Waals surface area contributed by atoms with Gasteiger partial charge in [0, 0.05) is 12.1 Å². The molecule has 0 aromatic heterocycles. The molecule has 0 spiro atoms. The van der Waals surface area contributed by atoms with Gasteiger partial charge < -0.3 is 0 Å². The van der Waals surface area contributed by atoms with E-state index in [0.717, 1.165) is 23.3 Å². The highest BCUT2D eigenvalue weighted by molar-refractivity contribution is 6.02. The van der Waals surface area contributed by atoms with E-state index in [-0.39, 0.29) is 12.0 Å². The van der Waals surface area contributed by atoms with E-state index in [1.54, 1.807) is 0 Å². The largest absolute Gasteiger partial charge is 0.280 e. The molecule has 0 saturated heterocycles. The van der Waals surface area contributed by atoms with Crippen molar-refractivity contribution in [2.75, 3.05) is 0 Å². The summed E-state index contributed by atoms with van der Waals surface area (Å²) in [5, 5.41) is 9.34. The smallest absolute Gasteiger partial charge is 0.0914 e. The van der Waals surface area contributed by atoms with Gasteiger partial charge in [0.05, 0.1) is 18.0 Å². The van der Waals surface area contributed by atoms with Crippen molar-refractivity contribution in [3.05, 3.63) is 71.8 Å². The lowest BCUT2D eigenvalue weighted by atomic mass is 9.93. The van der Waals surface area contributed by atoms with Crippen molar-refractivity contribution < 1.29 is 0 Å². The average molecular weight is 246 g/mol. The summed E-state index contributed by atoms with van der Waals surface area (Å²) in [6.07, 6.45) is 0.736. The summed E-state index contributed by atoms with van der Waals surface area (Å²) in [6.45, 7) is 0. The van der Waals surface area contributed by atoms with Crippen molar-refractivity contribution in [3.8, 4) is 6.07 Å². The van der Waals surface area contributed by atoms with Gasteiger partial charge in [-0.05, 0) is 11.1 Å². The third-order valence-corrected chi connectivity index (χ3v) is 3.50. The van der Waals surface area contributed by atoms with E-state index in [4.69, 9.17) is 4.99 Å². The van der Waals surface area contributed by atoms with Crippen molar-refractivity contribution in [1.29, 1.82) is 5.26 Å². The van der Waals surface area contributed by atoms with Gasteiger partial charge in [-0.2, -0.15) is 5.26 Å². The zero-order valence-electron chi connectivity index (χ0n) is 10.5. The van der Waals surface area contributed by atoms with E-state index in [0.29, 0.717) is 0 Å². The molecule has 0 unspecified atom stereocenters. The molecule has 0 aliphatic carbocycles. The zero-order chi connectivity index (χ0) is 13.1. The van der Waals surface area contributed by atoms with Gasteiger partial charge in [-0.3, -0.25) is 4.99 Å². The van der Waals surface area contributed by atoms with Crippen LogP contribution in [0.3, 0.4) is 0 Å². The van der Waals surface area contributed by atoms with Gasteiger partial charge in [0.1, 0.15) is 0 Å². The van der Waals surface area contributed by atoms with Crippen molar-refractivity contribution in [1.82, 2.24) is 0 Å². The van der Waals surface area contributed by atoms with Gasteiger partial charge in [-0.25, -0.2) is 0 Å². The molecule has 2 heteroatoms. The van der Waals surface area contributed by atoms with Crippen LogP contribution in [-0.2, 0) is 0 Å². The number of nitrogens with zero attached hydrogens (tertiary/aromatic N) is 2. The second kappa shape index (κ2) is 5.07. The highest BCUT2D eigenvalue weighted by Crippen LogP contribution is 2.35. The van der Waals surface area contributed by atoms with E-state index in [1.807, 2.05) is 48.5 Å². The van der Waals surface area contributed by atoms with Crippen LogP contribution in [0.25, 0.3) is 0 Å². The first-order chi connectivity index (χ1) is 9.38. The van der Waals surface area contributed by atoms with Gasteiger partial charge in [-0.15, -0.1) is 0 Å². The number of hydrogen-bond acceptors (Lipinski definition) is 2. The second-order valence-electron chi connectivity index (χ2n) is 4.74. The molecule has 19 heavy (non-hydrogen) atoms. The fraction of sp³-hybridized carbons (Fsp3) is 0.176. The lowest BCUT2D eigenvalue weighted by Gasteiger charge is -2.10. The highest BCUT2D eigenvalue weighted by atomic mass is 14.9. The molecular weight excluding hydrogens is 232 g/mol. The molecule has 3 rings (SSSR count). The summed E-state index contributed by atoms with van der Waals surface area (Å²) >= 11 is 0. The Bertz CT molecular complexity index is 623. The van der Waals surface area contributed by atoms with E-state index in [9.17, 15) is 5.26 Å². The summed E-state index contributed by atoms with van der Waals surface area (Å²) < 4.78 is 0. The standard InChI is InChI=1S/C17H14N2/c18-12-15-11-16(13-7-3-1-4-8-13)19-17(15)14-9-5-2-6-10-14/h1-10,15,17H,11H2/t15-,17+/m1/s1. The molecule has 0 amide bonds. The Morgan fingerprint density at radius 3 is 2.21 bits per heavy atom. The van der Waals surface area contributed by atoms with Crippen LogP contribution in [-0.4, -0.2) is 5.71 Å². The minimum absolute atomic E-state index is 0.0265. The number of benzene rings is 2. The molecule has 0 fully saturated rings. The van der Waals surface area contributed by atoms with Gasteiger partial charge >= 0.3 is 0 Å². The first kappa shape index (κ1) is 11.7. The maximum Gasteiger partial charge on any atom is 0.0914 e. The minimum atomic E-state index is -0.0578. The molecule has 2 nitrogen and oxygen atoms in total. The Kier molecular flexibility index (Phi) is 3.12. The van der Waals surface area contributed by atoms with Gasteiger partial charge in [-0.1, -0.05) is 60.7 Å². The van der Waals surface area contributed by atoms with Crippen LogP contribution in [0.4, 0.5) is 0 Å². The average Bonchev–Trinajstić information content (AvgIpc) is 2.93. The number of hydrogen-bond donors (Lipinski definition) is 0. The molecule has 0 saturated carbocycles. The Hall–Kier alpha value is -2.40. The third kappa shape index (κ3) is 2.28. The van der Waals surface area contributed by atoms with Crippen molar-refractivity contribution >= 4 is 5.71 Å². The maximum atomic E-state index is 9.34. The van der Waals surface area contributed by atoms with Crippen LogP contribution in [0.15, 0.2) is 65.7 Å². The number of aliphatic imine (C=N–C) groups is 1. The summed E-state index contributed by atoms with van der Waals surface area (Å²) in [4.78, 5) is 4.77. The van der Waals surface area contributed by atoms with E-state index in [1.165, 1.54) is 0 Å². The predicted octanol–water partition coefficient (Wildman–Crippen LogP) is 3.76. The van der Waals surface area contributed by atoms with Crippen molar-refractivity contribution in [3.63, 3.8) is 0 Å². The number of nitriles is 1. The summed E-state index contributed by atoms with van der Waals surface area (Å²) in [7, 11) is 0. The fourth-order valence-corrected chi connectivity index (χ4v) is 2.53. The van der Waals surface area contributed by atoms with E-state index < -0.39 is 0 Å². The van der Waals surface area contributed by atoms with Crippen LogP contribution in [0.2, 0.25) is 0 Å². The Labute approximate surface area is 113 Å². The molecule has 0 radical (unpaired) electrons. The van der Waals surface area contributed by atoms with Crippen LogP contribution in [0.5, 0.6) is 0 Å². The van der Waals surface area contributed by atoms with Crippen LogP contribution in [0.1, 0.15) is 23.6 Å². The van der Waals surface area contributed by atoms with Crippen LogP contribution in [0, 0.1) is 17.2 Å². The molecule has 1 heterocycles. The third-order valence-electron chi connectivity index (χ3n) is 3.50. The Morgan fingerprint density at radius 1 is 0.947 bits per heavy atom. The zero-order valence-corrected chi connectivity index (χ0v) is 10.5. The molecule has 2 atom stereocenters. The first-order valence-corrected chi connectivity index (χ1v) is 6.45. The quantitative estimate of drug-likeness (QED) is 0.794. The molecule has 1 aliphatic heterocycles. The van der Waals surface area contributed by atoms with E-state index >= 15 is 0 Å². The van der Waals surface area contributed by atoms with Crippen molar-refractivity contribution in [2.45, 2.75) is 12.5 Å². The topological polar surface area (TPSA) is 36.1 Å². The number of rotatable bonds is 2. The van der Waals surface area contributed by atoms with Crippen LogP contribution < -0.4 is 0 Å². The molecule has 2 aromatic carbocycles. The molecular formula is C17H14N2. The van der Waals surface area contributed by atoms with Gasteiger partial charge in [0.25, 0.3) is 0 Å². The second-order valence-corrected chi connectivity index (χ2v) is 4.74. The summed E-state index contributed by atoms with van der Waals surface area (Å²) in [5.74, 6) is -0.0578. The molecule has 0 bridgehead atoms. The monoisotopic (exact) mass is 246 g/mol. The molecule has 0 N–H and O–H groups in total.